The Hall–Kier alpha value is -4.17. The molecule has 0 atom stereocenters. The van der Waals surface area contributed by atoms with E-state index in [0.717, 1.165) is 22.4 Å². The molecule has 1 heterocycles. The van der Waals surface area contributed by atoms with Crippen molar-refractivity contribution in [2.75, 3.05) is 12.5 Å². The van der Waals surface area contributed by atoms with Crippen molar-refractivity contribution in [2.45, 2.75) is 6.61 Å². The summed E-state index contributed by atoms with van der Waals surface area (Å²) in [5.41, 5.74) is 6.84. The highest BCUT2D eigenvalue weighted by Gasteiger charge is 2.07. The molecule has 166 valence electrons. The second-order valence-corrected chi connectivity index (χ2v) is 7.83. The number of aromatic nitrogens is 1. The number of hydrogen-bond acceptors (Lipinski definition) is 7. The molecule has 0 aliphatic heterocycles. The number of methoxy groups -OCH3 is 1. The first-order chi connectivity index (χ1) is 16.1. The predicted octanol–water partition coefficient (Wildman–Crippen LogP) is 5.54. The van der Waals surface area contributed by atoms with Crippen LogP contribution in [0.3, 0.4) is 0 Å². The van der Waals surface area contributed by atoms with E-state index in [1.165, 1.54) is 11.3 Å². The quantitative estimate of drug-likeness (QED) is 0.252. The lowest BCUT2D eigenvalue weighted by Gasteiger charge is -2.11. The number of anilines is 1. The topological polar surface area (TPSA) is 93.0 Å². The fourth-order valence-corrected chi connectivity index (χ4v) is 3.69. The van der Waals surface area contributed by atoms with Crippen molar-refractivity contribution in [3.05, 3.63) is 94.9 Å². The molecule has 4 rings (SSSR count). The van der Waals surface area contributed by atoms with Crippen LogP contribution < -0.4 is 14.9 Å². The van der Waals surface area contributed by atoms with Crippen LogP contribution in [-0.2, 0) is 6.61 Å². The minimum atomic E-state index is -0.956. The summed E-state index contributed by atoms with van der Waals surface area (Å²) in [5, 5.41) is 15.9. The number of carbonyl (C=O) groups is 1. The predicted molar refractivity (Wildman–Crippen MR) is 129 cm³/mol. The third kappa shape index (κ3) is 5.75. The first-order valence-electron chi connectivity index (χ1n) is 10.1. The third-order valence-corrected chi connectivity index (χ3v) is 5.48. The Morgan fingerprint density at radius 2 is 1.88 bits per heavy atom. The molecule has 0 amide bonds. The summed E-state index contributed by atoms with van der Waals surface area (Å²) in [6.45, 7) is 0.291. The maximum Gasteiger partial charge on any atom is 0.335 e. The molecule has 2 N–H and O–H groups in total. The average Bonchev–Trinajstić information content (AvgIpc) is 3.33. The molecule has 7 nitrogen and oxygen atoms in total. The van der Waals surface area contributed by atoms with Gasteiger partial charge >= 0.3 is 5.97 Å². The number of hydrogen-bond donors (Lipinski definition) is 2. The number of thiazole rings is 1. The van der Waals surface area contributed by atoms with E-state index in [2.05, 4.69) is 15.5 Å². The Morgan fingerprint density at radius 3 is 2.61 bits per heavy atom. The van der Waals surface area contributed by atoms with Crippen molar-refractivity contribution in [1.82, 2.24) is 4.98 Å². The molecule has 0 bridgehead atoms. The zero-order valence-electron chi connectivity index (χ0n) is 17.8. The van der Waals surface area contributed by atoms with Crippen molar-refractivity contribution in [3.63, 3.8) is 0 Å². The van der Waals surface area contributed by atoms with Crippen molar-refractivity contribution < 1.29 is 19.4 Å². The van der Waals surface area contributed by atoms with E-state index in [0.29, 0.717) is 23.2 Å². The summed E-state index contributed by atoms with van der Waals surface area (Å²) in [7, 11) is 1.57. The maximum atomic E-state index is 11.0. The van der Waals surface area contributed by atoms with Gasteiger partial charge in [0, 0.05) is 10.9 Å². The largest absolute Gasteiger partial charge is 0.493 e. The van der Waals surface area contributed by atoms with Gasteiger partial charge in [0.05, 0.1) is 24.6 Å². The third-order valence-electron chi connectivity index (χ3n) is 4.73. The van der Waals surface area contributed by atoms with E-state index in [1.807, 2.05) is 53.9 Å². The molecule has 0 spiro atoms. The van der Waals surface area contributed by atoms with Crippen LogP contribution in [0.15, 0.2) is 83.3 Å². The van der Waals surface area contributed by atoms with Gasteiger partial charge in [-0.1, -0.05) is 42.5 Å². The number of rotatable bonds is 9. The zero-order valence-corrected chi connectivity index (χ0v) is 18.6. The van der Waals surface area contributed by atoms with Gasteiger partial charge in [0.2, 0.25) is 5.13 Å². The van der Waals surface area contributed by atoms with Crippen LogP contribution >= 0.6 is 11.3 Å². The van der Waals surface area contributed by atoms with Crippen LogP contribution in [0, 0.1) is 0 Å². The Kier molecular flexibility index (Phi) is 6.96. The molecule has 33 heavy (non-hydrogen) atoms. The van der Waals surface area contributed by atoms with Crippen LogP contribution in [-0.4, -0.2) is 29.4 Å². The van der Waals surface area contributed by atoms with E-state index >= 15 is 0 Å². The van der Waals surface area contributed by atoms with Gasteiger partial charge in [-0.05, 0) is 41.5 Å². The van der Waals surface area contributed by atoms with E-state index in [1.54, 1.807) is 37.6 Å². The summed E-state index contributed by atoms with van der Waals surface area (Å²) >= 11 is 1.48. The summed E-state index contributed by atoms with van der Waals surface area (Å²) in [5.74, 6) is 0.196. The van der Waals surface area contributed by atoms with Crippen LogP contribution in [0.1, 0.15) is 21.5 Å². The molecule has 0 unspecified atom stereocenters. The SMILES string of the molecule is COc1cc(C=NNc2nc(-c3ccccc3)cs2)ccc1OCc1ccc(C(=O)O)cc1. The maximum absolute atomic E-state index is 11.0. The Bertz CT molecular complexity index is 1250. The highest BCUT2D eigenvalue weighted by atomic mass is 32.1. The van der Waals surface area contributed by atoms with Gasteiger partial charge in [0.15, 0.2) is 11.5 Å². The van der Waals surface area contributed by atoms with Crippen LogP contribution in [0.5, 0.6) is 11.5 Å². The molecule has 0 aliphatic carbocycles. The lowest BCUT2D eigenvalue weighted by molar-refractivity contribution is 0.0697. The van der Waals surface area contributed by atoms with Crippen LogP contribution in [0.2, 0.25) is 0 Å². The molecule has 8 heteroatoms. The number of carboxylic acid groups (broad SMARTS) is 1. The minimum Gasteiger partial charge on any atom is -0.493 e. The van der Waals surface area contributed by atoms with Gasteiger partial charge in [-0.3, -0.25) is 5.43 Å². The Morgan fingerprint density at radius 1 is 1.09 bits per heavy atom. The lowest BCUT2D eigenvalue weighted by Crippen LogP contribution is -2.00. The van der Waals surface area contributed by atoms with E-state index in [4.69, 9.17) is 14.6 Å². The number of nitrogens with one attached hydrogen (secondary N) is 1. The Labute approximate surface area is 195 Å². The first-order valence-corrected chi connectivity index (χ1v) is 10.9. The Balaban J connectivity index is 1.37. The van der Waals surface area contributed by atoms with Crippen LogP contribution in [0.4, 0.5) is 5.13 Å². The number of carboxylic acids is 1. The highest BCUT2D eigenvalue weighted by Crippen LogP contribution is 2.29. The first kappa shape index (κ1) is 22.0. The molecule has 3 aromatic carbocycles. The van der Waals surface area contributed by atoms with Crippen molar-refractivity contribution in [2.24, 2.45) is 5.10 Å². The zero-order chi connectivity index (χ0) is 23.0. The fourth-order valence-electron chi connectivity index (χ4n) is 3.02. The van der Waals surface area contributed by atoms with Crippen molar-refractivity contribution in [3.8, 4) is 22.8 Å². The van der Waals surface area contributed by atoms with Crippen molar-refractivity contribution >= 4 is 28.7 Å². The average molecular weight is 460 g/mol. The monoisotopic (exact) mass is 459 g/mol. The molecule has 4 aromatic rings. The standard InChI is InChI=1S/C25H21N3O4S/c1-31-23-13-18(9-12-22(23)32-15-17-7-10-20(11-8-17)24(29)30)14-26-28-25-27-21(16-33-25)19-5-3-2-4-6-19/h2-14,16H,15H2,1H3,(H,27,28)(H,29,30). The molecule has 0 saturated heterocycles. The number of benzene rings is 3. The fraction of sp³-hybridized carbons (Fsp3) is 0.0800. The summed E-state index contributed by atoms with van der Waals surface area (Å²) in [6, 6.07) is 22.0. The van der Waals surface area contributed by atoms with Gasteiger partial charge in [-0.2, -0.15) is 5.10 Å². The van der Waals surface area contributed by atoms with E-state index in [-0.39, 0.29) is 5.56 Å². The molecule has 0 radical (unpaired) electrons. The number of ether oxygens (including phenoxy) is 2. The summed E-state index contributed by atoms with van der Waals surface area (Å²) < 4.78 is 11.3. The smallest absolute Gasteiger partial charge is 0.335 e. The molecule has 0 saturated carbocycles. The number of nitrogens with zero attached hydrogens (tertiary/aromatic N) is 2. The lowest BCUT2D eigenvalue weighted by atomic mass is 10.1. The van der Waals surface area contributed by atoms with Gasteiger partial charge in [0.1, 0.15) is 6.61 Å². The molecular weight excluding hydrogens is 438 g/mol. The normalized spacial score (nSPS) is 10.8. The van der Waals surface area contributed by atoms with Gasteiger partial charge in [-0.25, -0.2) is 9.78 Å². The summed E-state index contributed by atoms with van der Waals surface area (Å²) in [6.07, 6.45) is 1.68. The van der Waals surface area contributed by atoms with Gasteiger partial charge in [0.25, 0.3) is 0 Å². The van der Waals surface area contributed by atoms with Crippen molar-refractivity contribution in [1.29, 1.82) is 0 Å². The summed E-state index contributed by atoms with van der Waals surface area (Å²) in [4.78, 5) is 15.5. The van der Waals surface area contributed by atoms with E-state index in [9.17, 15) is 4.79 Å². The molecular formula is C25H21N3O4S. The molecule has 0 fully saturated rings. The second kappa shape index (κ2) is 10.4. The van der Waals surface area contributed by atoms with E-state index < -0.39 is 5.97 Å². The minimum absolute atomic E-state index is 0.239. The second-order valence-electron chi connectivity index (χ2n) is 6.97. The molecule has 0 aliphatic rings. The van der Waals surface area contributed by atoms with Crippen LogP contribution in [0.25, 0.3) is 11.3 Å². The number of hydrazone groups is 1. The van der Waals surface area contributed by atoms with Gasteiger partial charge < -0.3 is 14.6 Å². The molecule has 1 aromatic heterocycles. The van der Waals surface area contributed by atoms with Gasteiger partial charge in [-0.15, -0.1) is 11.3 Å². The highest BCUT2D eigenvalue weighted by molar-refractivity contribution is 7.14. The number of aromatic carboxylic acids is 1.